The molecule has 27 heavy (non-hydrogen) atoms. The molecule has 2 heterocycles. The highest BCUT2D eigenvalue weighted by Gasteiger charge is 2.57. The second-order valence-corrected chi connectivity index (χ2v) is 9.89. The van der Waals surface area contributed by atoms with E-state index in [0.29, 0.717) is 16.8 Å². The van der Waals surface area contributed by atoms with Crippen molar-refractivity contribution in [2.24, 2.45) is 5.41 Å². The van der Waals surface area contributed by atoms with Gasteiger partial charge in [0.2, 0.25) is 0 Å². The highest BCUT2D eigenvalue weighted by atomic mass is 32.2. The van der Waals surface area contributed by atoms with Gasteiger partial charge in [0.1, 0.15) is 6.54 Å². The van der Waals surface area contributed by atoms with Gasteiger partial charge in [-0.15, -0.1) is 0 Å². The standard InChI is InChI=1S/C18H23NO7S/c1-17(2)10-25-18(26-11-17)13-7-12(9-27(4,22)23)5-6-14(13)19(16(18)21)8-15(20)24-3/h5-7H,8-11H2,1-4H3. The molecule has 1 spiro atoms. The van der Waals surface area contributed by atoms with Crippen molar-refractivity contribution in [3.63, 3.8) is 0 Å². The van der Waals surface area contributed by atoms with Crippen molar-refractivity contribution in [2.75, 3.05) is 38.0 Å². The molecule has 0 aliphatic carbocycles. The Balaban J connectivity index is 2.07. The number of amides is 1. The number of carbonyl (C=O) groups is 2. The fourth-order valence-electron chi connectivity index (χ4n) is 3.18. The summed E-state index contributed by atoms with van der Waals surface area (Å²) >= 11 is 0. The summed E-state index contributed by atoms with van der Waals surface area (Å²) in [7, 11) is -2.02. The Hall–Kier alpha value is -1.97. The molecule has 3 rings (SSSR count). The van der Waals surface area contributed by atoms with Crippen molar-refractivity contribution in [3.05, 3.63) is 29.3 Å². The van der Waals surface area contributed by atoms with Crippen molar-refractivity contribution in [1.82, 2.24) is 0 Å². The molecular weight excluding hydrogens is 374 g/mol. The third-order valence-electron chi connectivity index (χ3n) is 4.51. The molecule has 1 aromatic rings. The maximum absolute atomic E-state index is 13.1. The third kappa shape index (κ3) is 3.71. The average Bonchev–Trinajstić information content (AvgIpc) is 2.78. The Morgan fingerprint density at radius 3 is 2.44 bits per heavy atom. The fraction of sp³-hybridized carbons (Fsp3) is 0.556. The van der Waals surface area contributed by atoms with E-state index in [0.717, 1.165) is 6.26 Å². The Morgan fingerprint density at radius 1 is 1.26 bits per heavy atom. The molecule has 1 saturated heterocycles. The predicted molar refractivity (Wildman–Crippen MR) is 96.7 cm³/mol. The van der Waals surface area contributed by atoms with Crippen LogP contribution in [0.15, 0.2) is 18.2 Å². The zero-order valence-electron chi connectivity index (χ0n) is 15.8. The first-order valence-electron chi connectivity index (χ1n) is 8.45. The quantitative estimate of drug-likeness (QED) is 0.698. The van der Waals surface area contributed by atoms with E-state index in [1.165, 1.54) is 12.0 Å². The van der Waals surface area contributed by atoms with E-state index >= 15 is 0 Å². The van der Waals surface area contributed by atoms with Gasteiger partial charge in [-0.2, -0.15) is 0 Å². The van der Waals surface area contributed by atoms with Crippen molar-refractivity contribution >= 4 is 27.4 Å². The second kappa shape index (κ2) is 6.57. The van der Waals surface area contributed by atoms with Crippen LogP contribution in [0.25, 0.3) is 0 Å². The topological polar surface area (TPSA) is 99.2 Å². The van der Waals surface area contributed by atoms with E-state index in [4.69, 9.17) is 9.47 Å². The maximum Gasteiger partial charge on any atom is 0.325 e. The lowest BCUT2D eigenvalue weighted by Crippen LogP contribution is -2.52. The number of carbonyl (C=O) groups excluding carboxylic acids is 2. The van der Waals surface area contributed by atoms with Crippen LogP contribution in [0.5, 0.6) is 0 Å². The maximum atomic E-state index is 13.1. The summed E-state index contributed by atoms with van der Waals surface area (Å²) in [4.78, 5) is 26.2. The molecule has 2 aliphatic heterocycles. The Labute approximate surface area is 158 Å². The molecule has 0 atom stereocenters. The molecule has 2 aliphatic rings. The number of rotatable bonds is 4. The summed E-state index contributed by atoms with van der Waals surface area (Å²) in [6, 6.07) is 4.82. The van der Waals surface area contributed by atoms with Crippen LogP contribution in [0.2, 0.25) is 0 Å². The normalized spacial score (nSPS) is 20.6. The molecule has 0 aromatic heterocycles. The van der Waals surface area contributed by atoms with E-state index in [9.17, 15) is 18.0 Å². The van der Waals surface area contributed by atoms with Crippen LogP contribution in [0.1, 0.15) is 25.0 Å². The van der Waals surface area contributed by atoms with Crippen molar-refractivity contribution < 1.29 is 32.2 Å². The van der Waals surface area contributed by atoms with Gasteiger partial charge in [0.15, 0.2) is 9.84 Å². The number of hydrogen-bond donors (Lipinski definition) is 0. The molecular formula is C18H23NO7S. The minimum atomic E-state index is -3.26. The van der Waals surface area contributed by atoms with Crippen LogP contribution in [0, 0.1) is 5.41 Å². The molecule has 0 unspecified atom stereocenters. The second-order valence-electron chi connectivity index (χ2n) is 7.75. The SMILES string of the molecule is COC(=O)CN1C(=O)C2(OCC(C)(C)CO2)c2cc(CS(C)(=O)=O)ccc21. The largest absolute Gasteiger partial charge is 0.468 e. The monoisotopic (exact) mass is 397 g/mol. The van der Waals surface area contributed by atoms with Crippen molar-refractivity contribution in [1.29, 1.82) is 0 Å². The summed E-state index contributed by atoms with van der Waals surface area (Å²) in [6.07, 6.45) is 1.14. The summed E-state index contributed by atoms with van der Waals surface area (Å²) in [5.74, 6) is -2.95. The van der Waals surface area contributed by atoms with Gasteiger partial charge in [-0.1, -0.05) is 19.9 Å². The molecule has 1 aromatic carbocycles. The minimum absolute atomic E-state index is 0.174. The first-order valence-corrected chi connectivity index (χ1v) is 10.5. The Morgan fingerprint density at radius 2 is 1.89 bits per heavy atom. The Kier molecular flexibility index (Phi) is 4.82. The van der Waals surface area contributed by atoms with Crippen LogP contribution in [0.3, 0.4) is 0 Å². The van der Waals surface area contributed by atoms with Crippen molar-refractivity contribution in [2.45, 2.75) is 25.4 Å². The summed E-state index contributed by atoms with van der Waals surface area (Å²) < 4.78 is 39.8. The zero-order chi connectivity index (χ0) is 20.0. The van der Waals surface area contributed by atoms with Gasteiger partial charge in [0.25, 0.3) is 11.7 Å². The first-order chi connectivity index (χ1) is 12.5. The number of nitrogens with zero attached hydrogens (tertiary/aromatic N) is 1. The van der Waals surface area contributed by atoms with Gasteiger partial charge in [0, 0.05) is 17.2 Å². The highest BCUT2D eigenvalue weighted by Crippen LogP contribution is 2.47. The lowest BCUT2D eigenvalue weighted by molar-refractivity contribution is -0.286. The van der Waals surface area contributed by atoms with Crippen LogP contribution < -0.4 is 4.90 Å². The number of anilines is 1. The number of hydrogen-bond acceptors (Lipinski definition) is 7. The minimum Gasteiger partial charge on any atom is -0.468 e. The molecule has 0 radical (unpaired) electrons. The van der Waals surface area contributed by atoms with E-state index < -0.39 is 27.5 Å². The Bertz CT molecular complexity index is 881. The highest BCUT2D eigenvalue weighted by molar-refractivity contribution is 7.89. The molecule has 148 valence electrons. The fourth-order valence-corrected chi connectivity index (χ4v) is 3.97. The van der Waals surface area contributed by atoms with Gasteiger partial charge in [-0.05, 0) is 17.7 Å². The average molecular weight is 397 g/mol. The molecule has 1 amide bonds. The van der Waals surface area contributed by atoms with Crippen LogP contribution in [0.4, 0.5) is 5.69 Å². The van der Waals surface area contributed by atoms with Crippen LogP contribution in [-0.2, 0) is 45.2 Å². The number of sulfone groups is 1. The van der Waals surface area contributed by atoms with Crippen LogP contribution >= 0.6 is 0 Å². The van der Waals surface area contributed by atoms with Gasteiger partial charge >= 0.3 is 5.97 Å². The molecule has 1 fully saturated rings. The number of methoxy groups -OCH3 is 1. The zero-order valence-corrected chi connectivity index (χ0v) is 16.6. The molecule has 8 nitrogen and oxygen atoms in total. The lowest BCUT2D eigenvalue weighted by atomic mass is 9.93. The van der Waals surface area contributed by atoms with E-state index in [1.807, 2.05) is 13.8 Å². The molecule has 0 bridgehead atoms. The predicted octanol–water partition coefficient (Wildman–Crippen LogP) is 0.977. The molecule has 0 N–H and O–H groups in total. The number of benzene rings is 1. The molecule has 9 heteroatoms. The number of ether oxygens (including phenoxy) is 3. The molecule has 0 saturated carbocycles. The third-order valence-corrected chi connectivity index (χ3v) is 5.37. The summed E-state index contributed by atoms with van der Waals surface area (Å²) in [5.41, 5.74) is 1.10. The smallest absolute Gasteiger partial charge is 0.325 e. The van der Waals surface area contributed by atoms with E-state index in [1.54, 1.807) is 18.2 Å². The van der Waals surface area contributed by atoms with Gasteiger partial charge in [-0.25, -0.2) is 8.42 Å². The summed E-state index contributed by atoms with van der Waals surface area (Å²) in [6.45, 7) is 4.17. The van der Waals surface area contributed by atoms with Gasteiger partial charge < -0.3 is 14.2 Å². The lowest BCUT2D eigenvalue weighted by Gasteiger charge is -2.40. The van der Waals surface area contributed by atoms with Gasteiger partial charge in [-0.3, -0.25) is 14.5 Å². The van der Waals surface area contributed by atoms with Crippen molar-refractivity contribution in [3.8, 4) is 0 Å². The van der Waals surface area contributed by atoms with Crippen LogP contribution in [-0.4, -0.2) is 53.4 Å². The van der Waals surface area contributed by atoms with E-state index in [-0.39, 0.29) is 30.9 Å². The number of esters is 1. The van der Waals surface area contributed by atoms with Gasteiger partial charge in [0.05, 0.1) is 31.8 Å². The van der Waals surface area contributed by atoms with E-state index in [2.05, 4.69) is 4.74 Å². The summed E-state index contributed by atoms with van der Waals surface area (Å²) in [5, 5.41) is 0. The number of fused-ring (bicyclic) bond motifs is 2. The first kappa shape index (κ1) is 19.8.